The molecule has 2 aromatic carbocycles. The SMILES string of the molecule is COc1ccc([C@H]2OC[C@@H]3[C@@H]2CO[C@H]3c2ccc(O[C@H]3O[C@H](CO)[C@@H](O)[C@H](O)[C@H]3O)c(OC)c2)cc1OC. The van der Waals surface area contributed by atoms with Crippen LogP contribution in [0.2, 0.25) is 0 Å². The average Bonchev–Trinajstić information content (AvgIpc) is 3.55. The van der Waals surface area contributed by atoms with Crippen molar-refractivity contribution >= 4 is 0 Å². The predicted molar refractivity (Wildman–Crippen MR) is 131 cm³/mol. The molecular weight excluding hydrogens is 500 g/mol. The third kappa shape index (κ3) is 4.79. The Morgan fingerprint density at radius 3 is 1.76 bits per heavy atom. The standard InChI is InChI=1S/C27H34O11/c1-32-17-6-4-13(8-19(17)33-2)25-15-11-36-26(16(15)12-35-25)14-5-7-18(20(9-14)34-3)37-27-24(31)23(30)22(29)21(10-28)38-27/h4-9,15-16,21-31H,10-12H2,1-3H3/t15-,16+,21+,22+,23-,24+,25+,26-,27-/m0/s1. The van der Waals surface area contributed by atoms with Gasteiger partial charge in [-0.15, -0.1) is 0 Å². The molecule has 3 aliphatic rings. The van der Waals surface area contributed by atoms with Gasteiger partial charge in [0.1, 0.15) is 24.4 Å². The summed E-state index contributed by atoms with van der Waals surface area (Å²) < 4.78 is 40.1. The van der Waals surface area contributed by atoms with Gasteiger partial charge in [0, 0.05) is 11.8 Å². The molecule has 11 heteroatoms. The van der Waals surface area contributed by atoms with Crippen LogP contribution in [-0.4, -0.2) is 92.3 Å². The maximum Gasteiger partial charge on any atom is 0.229 e. The second kappa shape index (κ2) is 11.2. The Labute approximate surface area is 220 Å². The van der Waals surface area contributed by atoms with Crippen LogP contribution in [0.1, 0.15) is 23.3 Å². The molecule has 3 saturated heterocycles. The summed E-state index contributed by atoms with van der Waals surface area (Å²) in [6.45, 7) is 0.508. The van der Waals surface area contributed by atoms with Crippen LogP contribution in [0.4, 0.5) is 0 Å². The van der Waals surface area contributed by atoms with Crippen molar-refractivity contribution in [2.75, 3.05) is 41.2 Å². The number of aliphatic hydroxyl groups is 4. The monoisotopic (exact) mass is 534 g/mol. The Balaban J connectivity index is 1.31. The lowest BCUT2D eigenvalue weighted by atomic mass is 9.85. The van der Waals surface area contributed by atoms with Crippen molar-refractivity contribution in [2.24, 2.45) is 11.8 Å². The Bertz CT molecular complexity index is 1110. The predicted octanol–water partition coefficient (Wildman–Crippen LogP) is 0.966. The third-order valence-corrected chi connectivity index (χ3v) is 7.61. The molecule has 3 fully saturated rings. The summed E-state index contributed by atoms with van der Waals surface area (Å²) in [5.74, 6) is 2.21. The normalized spacial score (nSPS) is 34.6. The van der Waals surface area contributed by atoms with Gasteiger partial charge in [-0.2, -0.15) is 0 Å². The third-order valence-electron chi connectivity index (χ3n) is 7.61. The molecule has 0 unspecified atom stereocenters. The molecule has 0 aliphatic carbocycles. The Kier molecular flexibility index (Phi) is 7.96. The number of ether oxygens (including phenoxy) is 7. The van der Waals surface area contributed by atoms with Crippen molar-refractivity contribution < 1.29 is 53.6 Å². The Morgan fingerprint density at radius 1 is 0.711 bits per heavy atom. The number of aliphatic hydroxyl groups excluding tert-OH is 4. The van der Waals surface area contributed by atoms with E-state index < -0.39 is 37.3 Å². The van der Waals surface area contributed by atoms with Gasteiger partial charge in [-0.05, 0) is 35.4 Å². The van der Waals surface area contributed by atoms with E-state index in [1.165, 1.54) is 7.11 Å². The minimum atomic E-state index is -1.54. The van der Waals surface area contributed by atoms with E-state index in [4.69, 9.17) is 33.2 Å². The second-order valence-corrected chi connectivity index (χ2v) is 9.68. The van der Waals surface area contributed by atoms with Gasteiger partial charge >= 0.3 is 0 Å². The molecule has 3 heterocycles. The molecule has 0 bridgehead atoms. The summed E-state index contributed by atoms with van der Waals surface area (Å²) in [4.78, 5) is 0. The van der Waals surface area contributed by atoms with Crippen molar-refractivity contribution in [1.29, 1.82) is 0 Å². The highest BCUT2D eigenvalue weighted by molar-refractivity contribution is 5.45. The van der Waals surface area contributed by atoms with Gasteiger partial charge in [0.05, 0.1) is 53.4 Å². The van der Waals surface area contributed by atoms with Crippen molar-refractivity contribution in [2.45, 2.75) is 42.9 Å². The lowest BCUT2D eigenvalue weighted by molar-refractivity contribution is -0.277. The summed E-state index contributed by atoms with van der Waals surface area (Å²) in [6, 6.07) is 11.1. The smallest absolute Gasteiger partial charge is 0.229 e. The molecular formula is C27H34O11. The van der Waals surface area contributed by atoms with E-state index in [-0.39, 0.29) is 29.8 Å². The van der Waals surface area contributed by atoms with E-state index in [2.05, 4.69) is 0 Å². The fourth-order valence-corrected chi connectivity index (χ4v) is 5.51. The maximum atomic E-state index is 10.3. The Hall–Kier alpha value is -2.64. The lowest BCUT2D eigenvalue weighted by Gasteiger charge is -2.39. The van der Waals surface area contributed by atoms with Gasteiger partial charge < -0.3 is 53.6 Å². The minimum absolute atomic E-state index is 0.120. The molecule has 208 valence electrons. The molecule has 0 radical (unpaired) electrons. The highest BCUT2D eigenvalue weighted by atomic mass is 16.7. The van der Waals surface area contributed by atoms with Crippen molar-refractivity contribution in [3.05, 3.63) is 47.5 Å². The summed E-state index contributed by atoms with van der Waals surface area (Å²) >= 11 is 0. The van der Waals surface area contributed by atoms with Crippen LogP contribution in [0.3, 0.4) is 0 Å². The first kappa shape index (κ1) is 26.9. The van der Waals surface area contributed by atoms with Crippen molar-refractivity contribution in [3.63, 3.8) is 0 Å². The fourth-order valence-electron chi connectivity index (χ4n) is 5.51. The molecule has 11 nitrogen and oxygen atoms in total. The molecule has 38 heavy (non-hydrogen) atoms. The van der Waals surface area contributed by atoms with E-state index in [1.807, 2.05) is 24.3 Å². The fraction of sp³-hybridized carbons (Fsp3) is 0.556. The van der Waals surface area contributed by atoms with Crippen LogP contribution in [0.25, 0.3) is 0 Å². The first-order valence-electron chi connectivity index (χ1n) is 12.5. The van der Waals surface area contributed by atoms with E-state index >= 15 is 0 Å². The summed E-state index contributed by atoms with van der Waals surface area (Å²) in [7, 11) is 4.69. The zero-order chi connectivity index (χ0) is 27.0. The number of benzene rings is 2. The summed E-state index contributed by atoms with van der Waals surface area (Å²) in [5.41, 5.74) is 1.88. The quantitative estimate of drug-likeness (QED) is 0.384. The molecule has 5 rings (SSSR count). The van der Waals surface area contributed by atoms with Crippen LogP contribution >= 0.6 is 0 Å². The highest BCUT2D eigenvalue weighted by Gasteiger charge is 2.49. The zero-order valence-corrected chi connectivity index (χ0v) is 21.4. The van der Waals surface area contributed by atoms with Gasteiger partial charge in [-0.3, -0.25) is 0 Å². The average molecular weight is 535 g/mol. The van der Waals surface area contributed by atoms with E-state index in [1.54, 1.807) is 26.4 Å². The van der Waals surface area contributed by atoms with Gasteiger partial charge in [0.2, 0.25) is 6.29 Å². The maximum absolute atomic E-state index is 10.3. The summed E-state index contributed by atoms with van der Waals surface area (Å²) in [6.07, 6.45) is -7.29. The first-order valence-corrected chi connectivity index (χ1v) is 12.5. The number of rotatable bonds is 8. The first-order chi connectivity index (χ1) is 18.4. The molecule has 0 amide bonds. The molecule has 2 aromatic rings. The lowest BCUT2D eigenvalue weighted by Crippen LogP contribution is -2.60. The molecule has 0 aromatic heterocycles. The van der Waals surface area contributed by atoms with Crippen molar-refractivity contribution in [3.8, 4) is 23.0 Å². The topological polar surface area (TPSA) is 146 Å². The molecule has 0 saturated carbocycles. The number of fused-ring (bicyclic) bond motifs is 1. The van der Waals surface area contributed by atoms with Crippen LogP contribution in [0, 0.1) is 11.8 Å². The van der Waals surface area contributed by atoms with Gasteiger partial charge in [-0.25, -0.2) is 0 Å². The second-order valence-electron chi connectivity index (χ2n) is 9.68. The van der Waals surface area contributed by atoms with E-state index in [9.17, 15) is 20.4 Å². The zero-order valence-electron chi connectivity index (χ0n) is 21.4. The van der Waals surface area contributed by atoms with Crippen LogP contribution in [0.5, 0.6) is 23.0 Å². The van der Waals surface area contributed by atoms with Crippen LogP contribution in [0.15, 0.2) is 36.4 Å². The van der Waals surface area contributed by atoms with Gasteiger partial charge in [0.15, 0.2) is 23.0 Å². The highest BCUT2D eigenvalue weighted by Crippen LogP contribution is 2.51. The largest absolute Gasteiger partial charge is 0.493 e. The molecule has 0 spiro atoms. The summed E-state index contributed by atoms with van der Waals surface area (Å²) in [5, 5.41) is 39.8. The van der Waals surface area contributed by atoms with E-state index in [0.29, 0.717) is 30.5 Å². The number of hydrogen-bond donors (Lipinski definition) is 4. The van der Waals surface area contributed by atoms with E-state index in [0.717, 1.165) is 11.1 Å². The van der Waals surface area contributed by atoms with Gasteiger partial charge in [0.25, 0.3) is 0 Å². The van der Waals surface area contributed by atoms with Crippen molar-refractivity contribution in [1.82, 2.24) is 0 Å². The van der Waals surface area contributed by atoms with Crippen LogP contribution in [-0.2, 0) is 14.2 Å². The Morgan fingerprint density at radius 2 is 1.24 bits per heavy atom. The number of hydrogen-bond acceptors (Lipinski definition) is 11. The molecule has 3 aliphatic heterocycles. The molecule has 4 N–H and O–H groups in total. The molecule has 9 atom stereocenters. The minimum Gasteiger partial charge on any atom is -0.493 e. The van der Waals surface area contributed by atoms with Crippen LogP contribution < -0.4 is 18.9 Å². The number of methoxy groups -OCH3 is 3. The van der Waals surface area contributed by atoms with Gasteiger partial charge in [-0.1, -0.05) is 12.1 Å².